The molecule has 198 valence electrons. The van der Waals surface area contributed by atoms with E-state index < -0.39 is 0 Å². The van der Waals surface area contributed by atoms with Crippen molar-refractivity contribution in [3.05, 3.63) is 54.4 Å². The highest BCUT2D eigenvalue weighted by Crippen LogP contribution is 2.46. The standard InChI is InChI=1S/C27H37N7O2S/c1-8-19(13-28-7)21-14-29-24-23(30-18(3)15-34(21)24)31-22-12-20(32-37-22)16-33(9-2)26(4,5)17-36-25(35)27(6)10-11-27/h8,12-15,28H,1,9-11,16-17H2,2-7H3,(H,30,31)/b19-13+. The Balaban J connectivity index is 1.48. The quantitative estimate of drug-likeness (QED) is 0.255. The van der Waals surface area contributed by atoms with Crippen molar-refractivity contribution in [2.45, 2.75) is 59.5 Å². The van der Waals surface area contributed by atoms with E-state index in [2.05, 4.69) is 52.2 Å². The van der Waals surface area contributed by atoms with Crippen LogP contribution in [0, 0.1) is 12.3 Å². The van der Waals surface area contributed by atoms with Crippen molar-refractivity contribution >= 4 is 39.5 Å². The van der Waals surface area contributed by atoms with E-state index in [-0.39, 0.29) is 16.9 Å². The maximum Gasteiger partial charge on any atom is 0.311 e. The number of nitrogens with one attached hydrogen (secondary N) is 2. The minimum atomic E-state index is -0.312. The maximum atomic E-state index is 12.3. The molecule has 0 aliphatic heterocycles. The van der Waals surface area contributed by atoms with Gasteiger partial charge in [0.2, 0.25) is 0 Å². The third-order valence-corrected chi connectivity index (χ3v) is 7.61. The van der Waals surface area contributed by atoms with Crippen LogP contribution >= 0.6 is 11.5 Å². The fourth-order valence-corrected chi connectivity index (χ4v) is 4.87. The summed E-state index contributed by atoms with van der Waals surface area (Å²) in [6.07, 6.45) is 9.31. The lowest BCUT2D eigenvalue weighted by atomic mass is 10.0. The minimum Gasteiger partial charge on any atom is -0.463 e. The summed E-state index contributed by atoms with van der Waals surface area (Å²) in [5, 5.41) is 7.36. The van der Waals surface area contributed by atoms with Gasteiger partial charge in [-0.2, -0.15) is 4.37 Å². The molecule has 37 heavy (non-hydrogen) atoms. The van der Waals surface area contributed by atoms with Crippen LogP contribution in [0.25, 0.3) is 11.2 Å². The maximum absolute atomic E-state index is 12.3. The van der Waals surface area contributed by atoms with Crippen LogP contribution in [0.15, 0.2) is 37.3 Å². The topological polar surface area (TPSA) is 96.7 Å². The molecule has 3 heterocycles. The molecule has 1 aliphatic rings. The molecule has 3 aromatic rings. The first kappa shape index (κ1) is 26.8. The Morgan fingerprint density at radius 3 is 2.81 bits per heavy atom. The lowest BCUT2D eigenvalue weighted by molar-refractivity contribution is -0.153. The SMILES string of the molecule is C=C/C(=C\NC)c1cnc2c(Nc3cc(CN(CC)C(C)(C)COC(=O)C4(C)CC4)ns3)nc(C)cn12. The van der Waals surface area contributed by atoms with Crippen LogP contribution in [-0.2, 0) is 16.1 Å². The number of hydrogen-bond donors (Lipinski definition) is 2. The molecule has 10 heteroatoms. The average Bonchev–Trinajstić information content (AvgIpc) is 3.25. The molecular formula is C27H37N7O2S. The van der Waals surface area contributed by atoms with Crippen molar-refractivity contribution in [1.29, 1.82) is 0 Å². The number of nitrogens with zero attached hydrogens (tertiary/aromatic N) is 5. The first-order chi connectivity index (χ1) is 17.6. The minimum absolute atomic E-state index is 0.0856. The predicted octanol–water partition coefficient (Wildman–Crippen LogP) is 4.93. The molecule has 1 fully saturated rings. The third-order valence-electron chi connectivity index (χ3n) is 6.87. The number of aromatic nitrogens is 4. The molecule has 0 spiro atoms. The van der Waals surface area contributed by atoms with Gasteiger partial charge in [0.1, 0.15) is 11.6 Å². The largest absolute Gasteiger partial charge is 0.463 e. The number of fused-ring (bicyclic) bond motifs is 1. The van der Waals surface area contributed by atoms with Crippen LogP contribution in [0.5, 0.6) is 0 Å². The summed E-state index contributed by atoms with van der Waals surface area (Å²) in [6.45, 7) is 16.0. The van der Waals surface area contributed by atoms with Crippen molar-refractivity contribution in [2.24, 2.45) is 5.41 Å². The van der Waals surface area contributed by atoms with Crippen molar-refractivity contribution in [3.63, 3.8) is 0 Å². The van der Waals surface area contributed by atoms with Gasteiger partial charge in [-0.3, -0.25) is 14.1 Å². The Bertz CT molecular complexity index is 1320. The summed E-state index contributed by atoms with van der Waals surface area (Å²) in [5.74, 6) is 0.583. The van der Waals surface area contributed by atoms with Gasteiger partial charge in [0.15, 0.2) is 11.5 Å². The van der Waals surface area contributed by atoms with E-state index in [9.17, 15) is 4.79 Å². The Kier molecular flexibility index (Phi) is 7.70. The van der Waals surface area contributed by atoms with Gasteiger partial charge in [-0.25, -0.2) is 9.97 Å². The number of likely N-dealkylation sites (N-methyl/N-ethyl adjacent to an activating group) is 1. The number of ether oxygens (including phenoxy) is 1. The molecule has 0 amide bonds. The van der Waals surface area contributed by atoms with Gasteiger partial charge in [0.25, 0.3) is 0 Å². The summed E-state index contributed by atoms with van der Waals surface area (Å²) < 4.78 is 12.4. The first-order valence-corrected chi connectivity index (χ1v) is 13.4. The Morgan fingerprint density at radius 2 is 2.16 bits per heavy atom. The lowest BCUT2D eigenvalue weighted by Gasteiger charge is -2.37. The number of rotatable bonds is 12. The van der Waals surface area contributed by atoms with E-state index in [1.807, 2.05) is 50.0 Å². The second-order valence-corrected chi connectivity index (χ2v) is 11.2. The van der Waals surface area contributed by atoms with Gasteiger partial charge < -0.3 is 15.4 Å². The number of esters is 1. The van der Waals surface area contributed by atoms with E-state index in [1.54, 1.807) is 6.08 Å². The molecule has 3 aromatic heterocycles. The zero-order valence-corrected chi connectivity index (χ0v) is 23.4. The van der Waals surface area contributed by atoms with Crippen LogP contribution in [0.2, 0.25) is 0 Å². The number of aryl methyl sites for hydroxylation is 1. The number of carbonyl (C=O) groups excluding carboxylic acids is 1. The fourth-order valence-electron chi connectivity index (χ4n) is 4.21. The first-order valence-electron chi connectivity index (χ1n) is 12.6. The molecule has 0 atom stereocenters. The van der Waals surface area contributed by atoms with Crippen LogP contribution < -0.4 is 10.6 Å². The second-order valence-electron chi connectivity index (χ2n) is 10.4. The van der Waals surface area contributed by atoms with Gasteiger partial charge in [0.05, 0.1) is 28.7 Å². The van der Waals surface area contributed by atoms with Gasteiger partial charge in [0, 0.05) is 37.1 Å². The van der Waals surface area contributed by atoms with Crippen molar-refractivity contribution in [1.82, 2.24) is 29.0 Å². The molecule has 0 radical (unpaired) electrons. The summed E-state index contributed by atoms with van der Waals surface area (Å²) in [7, 11) is 1.86. The summed E-state index contributed by atoms with van der Waals surface area (Å²) >= 11 is 1.39. The van der Waals surface area contributed by atoms with Crippen molar-refractivity contribution in [2.75, 3.05) is 25.5 Å². The van der Waals surface area contributed by atoms with Gasteiger partial charge in [-0.1, -0.05) is 19.6 Å². The zero-order valence-electron chi connectivity index (χ0n) is 22.6. The normalized spacial score (nSPS) is 15.2. The highest BCUT2D eigenvalue weighted by atomic mass is 32.1. The lowest BCUT2D eigenvalue weighted by Crippen LogP contribution is -2.47. The molecule has 0 unspecified atom stereocenters. The number of imidazole rings is 1. The van der Waals surface area contributed by atoms with Crippen LogP contribution in [0.4, 0.5) is 10.8 Å². The predicted molar refractivity (Wildman–Crippen MR) is 149 cm³/mol. The second kappa shape index (κ2) is 10.6. The zero-order chi connectivity index (χ0) is 26.8. The number of hydrogen-bond acceptors (Lipinski definition) is 9. The molecule has 9 nitrogen and oxygen atoms in total. The van der Waals surface area contributed by atoms with Crippen LogP contribution in [0.3, 0.4) is 0 Å². The van der Waals surface area contributed by atoms with Gasteiger partial charge in [-0.05, 0) is 64.7 Å². The number of allylic oxidation sites excluding steroid dienone is 2. The van der Waals surface area contributed by atoms with Crippen molar-refractivity contribution < 1.29 is 9.53 Å². The summed E-state index contributed by atoms with van der Waals surface area (Å²) in [4.78, 5) is 23.9. The molecule has 0 aromatic carbocycles. The highest BCUT2D eigenvalue weighted by Gasteiger charge is 2.47. The van der Waals surface area contributed by atoms with Crippen LogP contribution in [-0.4, -0.2) is 55.3 Å². The van der Waals surface area contributed by atoms with Gasteiger partial charge in [-0.15, -0.1) is 0 Å². The summed E-state index contributed by atoms with van der Waals surface area (Å²) in [6, 6.07) is 2.04. The van der Waals surface area contributed by atoms with E-state index in [0.29, 0.717) is 19.0 Å². The smallest absolute Gasteiger partial charge is 0.311 e. The average molecular weight is 524 g/mol. The monoisotopic (exact) mass is 523 g/mol. The van der Waals surface area contributed by atoms with E-state index in [1.165, 1.54) is 11.5 Å². The van der Waals surface area contributed by atoms with E-state index >= 15 is 0 Å². The molecule has 4 rings (SSSR count). The number of anilines is 2. The van der Waals surface area contributed by atoms with E-state index in [4.69, 9.17) is 9.72 Å². The van der Waals surface area contributed by atoms with Gasteiger partial charge >= 0.3 is 5.97 Å². The summed E-state index contributed by atoms with van der Waals surface area (Å²) in [5.41, 5.74) is 3.81. The Hall–Kier alpha value is -3.24. The Morgan fingerprint density at radius 1 is 1.41 bits per heavy atom. The third kappa shape index (κ3) is 5.86. The molecule has 2 N–H and O–H groups in total. The fraction of sp³-hybridized carbons (Fsp3) is 0.481. The highest BCUT2D eigenvalue weighted by molar-refractivity contribution is 7.10. The number of carbonyl (C=O) groups is 1. The molecule has 1 aliphatic carbocycles. The molecule has 1 saturated carbocycles. The van der Waals surface area contributed by atoms with Crippen molar-refractivity contribution in [3.8, 4) is 0 Å². The van der Waals surface area contributed by atoms with E-state index in [0.717, 1.165) is 52.7 Å². The molecule has 0 saturated heterocycles. The molecule has 0 bridgehead atoms. The Labute approximate surface area is 222 Å². The van der Waals surface area contributed by atoms with Crippen LogP contribution in [0.1, 0.15) is 57.6 Å². The molecular weight excluding hydrogens is 486 g/mol.